The zero-order valence-corrected chi connectivity index (χ0v) is 15.3. The molecule has 0 saturated carbocycles. The Morgan fingerprint density at radius 2 is 1.44 bits per heavy atom. The fraction of sp³-hybridized carbons (Fsp3) is 0.250. The van der Waals surface area contributed by atoms with Gasteiger partial charge in [0, 0.05) is 23.0 Å². The van der Waals surface area contributed by atoms with Crippen LogP contribution in [0.1, 0.15) is 56.8 Å². The van der Waals surface area contributed by atoms with Gasteiger partial charge in [-0.3, -0.25) is 19.3 Å². The molecule has 0 radical (unpaired) electrons. The number of Topliss-reactive ketones (excluding diaryl/α,β-unsaturated/α-hetero) is 1. The van der Waals surface area contributed by atoms with Crippen molar-refractivity contribution >= 4 is 33.5 Å². The predicted octanol–water partition coefficient (Wildman–Crippen LogP) is 4.49. The monoisotopic (exact) mass is 399 g/mol. The third-order valence-electron chi connectivity index (χ3n) is 4.34. The summed E-state index contributed by atoms with van der Waals surface area (Å²) in [4.78, 5) is 38.0. The Bertz CT molecular complexity index is 796. The summed E-state index contributed by atoms with van der Waals surface area (Å²) in [5.41, 5.74) is 1.66. The standard InChI is InChI=1S/C20H18BrNO3/c21-17-11-6-5-10-16(17)18(23)12-2-1-7-13-22-19(24)14-8-3-4-9-15(14)20(22)25/h3-6,8-11H,1-2,7,12-13H2. The molecule has 0 unspecified atom stereocenters. The van der Waals surface area contributed by atoms with Crippen molar-refractivity contribution < 1.29 is 14.4 Å². The third kappa shape index (κ3) is 3.71. The van der Waals surface area contributed by atoms with Crippen LogP contribution in [0.5, 0.6) is 0 Å². The van der Waals surface area contributed by atoms with Crippen molar-refractivity contribution in [3.63, 3.8) is 0 Å². The van der Waals surface area contributed by atoms with Gasteiger partial charge in [-0.15, -0.1) is 0 Å². The minimum absolute atomic E-state index is 0.105. The van der Waals surface area contributed by atoms with E-state index in [4.69, 9.17) is 0 Å². The highest BCUT2D eigenvalue weighted by atomic mass is 79.9. The lowest BCUT2D eigenvalue weighted by Crippen LogP contribution is -2.30. The van der Waals surface area contributed by atoms with Crippen LogP contribution in [-0.2, 0) is 0 Å². The molecule has 0 bridgehead atoms. The number of halogens is 1. The van der Waals surface area contributed by atoms with E-state index < -0.39 is 0 Å². The van der Waals surface area contributed by atoms with Gasteiger partial charge in [-0.2, -0.15) is 0 Å². The van der Waals surface area contributed by atoms with Crippen molar-refractivity contribution in [3.05, 3.63) is 69.7 Å². The number of nitrogens with zero attached hydrogens (tertiary/aromatic N) is 1. The quantitative estimate of drug-likeness (QED) is 0.391. The summed E-state index contributed by atoms with van der Waals surface area (Å²) in [5, 5.41) is 0. The number of fused-ring (bicyclic) bond motifs is 1. The summed E-state index contributed by atoms with van der Waals surface area (Å²) in [6.45, 7) is 0.398. The lowest BCUT2D eigenvalue weighted by molar-refractivity contribution is 0.0650. The van der Waals surface area contributed by atoms with Crippen LogP contribution in [0.4, 0.5) is 0 Å². The van der Waals surface area contributed by atoms with E-state index in [0.717, 1.165) is 17.3 Å². The second kappa shape index (κ2) is 7.74. The highest BCUT2D eigenvalue weighted by Crippen LogP contribution is 2.23. The van der Waals surface area contributed by atoms with Gasteiger partial charge in [0.25, 0.3) is 11.8 Å². The average Bonchev–Trinajstić information content (AvgIpc) is 2.86. The molecule has 0 saturated heterocycles. The summed E-state index contributed by atoms with van der Waals surface area (Å²) >= 11 is 3.39. The fourth-order valence-electron chi connectivity index (χ4n) is 3.00. The molecular weight excluding hydrogens is 382 g/mol. The molecule has 2 aromatic carbocycles. The second-order valence-corrected chi connectivity index (χ2v) is 6.88. The molecular formula is C20H18BrNO3. The predicted molar refractivity (Wildman–Crippen MR) is 98.7 cm³/mol. The highest BCUT2D eigenvalue weighted by molar-refractivity contribution is 9.10. The van der Waals surface area contributed by atoms with E-state index in [1.54, 1.807) is 24.3 Å². The summed E-state index contributed by atoms with van der Waals surface area (Å²) < 4.78 is 0.811. The summed E-state index contributed by atoms with van der Waals surface area (Å²) in [5.74, 6) is -0.331. The van der Waals surface area contributed by atoms with Crippen LogP contribution in [0.2, 0.25) is 0 Å². The molecule has 0 N–H and O–H groups in total. The van der Waals surface area contributed by atoms with Gasteiger partial charge in [-0.25, -0.2) is 0 Å². The maximum Gasteiger partial charge on any atom is 0.261 e. The first-order valence-electron chi connectivity index (χ1n) is 8.32. The number of carbonyl (C=O) groups is 3. The topological polar surface area (TPSA) is 54.5 Å². The molecule has 25 heavy (non-hydrogen) atoms. The van der Waals surface area contributed by atoms with Crippen molar-refractivity contribution in [1.29, 1.82) is 0 Å². The Kier molecular flexibility index (Phi) is 5.43. The van der Waals surface area contributed by atoms with E-state index in [9.17, 15) is 14.4 Å². The Labute approximate surface area is 155 Å². The second-order valence-electron chi connectivity index (χ2n) is 6.02. The number of benzene rings is 2. The first kappa shape index (κ1) is 17.5. The normalized spacial score (nSPS) is 13.2. The van der Waals surface area contributed by atoms with E-state index >= 15 is 0 Å². The van der Waals surface area contributed by atoms with E-state index in [0.29, 0.717) is 36.1 Å². The lowest BCUT2D eigenvalue weighted by atomic mass is 10.0. The molecule has 4 nitrogen and oxygen atoms in total. The molecule has 0 aliphatic carbocycles. The van der Waals surface area contributed by atoms with Crippen molar-refractivity contribution in [2.45, 2.75) is 25.7 Å². The number of rotatable bonds is 7. The number of hydrogen-bond acceptors (Lipinski definition) is 3. The molecule has 3 rings (SSSR count). The molecule has 128 valence electrons. The first-order valence-corrected chi connectivity index (χ1v) is 9.12. The average molecular weight is 400 g/mol. The smallest absolute Gasteiger partial charge is 0.261 e. The van der Waals surface area contributed by atoms with Gasteiger partial charge in [-0.1, -0.05) is 52.7 Å². The van der Waals surface area contributed by atoms with Crippen molar-refractivity contribution in [1.82, 2.24) is 4.90 Å². The van der Waals surface area contributed by atoms with E-state index in [-0.39, 0.29) is 17.6 Å². The molecule has 1 aliphatic rings. The number of imide groups is 1. The SMILES string of the molecule is O=C(CCCCCN1C(=O)c2ccccc2C1=O)c1ccccc1Br. The number of ketones is 1. The summed E-state index contributed by atoms with van der Waals surface area (Å²) in [7, 11) is 0. The Morgan fingerprint density at radius 1 is 0.840 bits per heavy atom. The van der Waals surface area contributed by atoms with Gasteiger partial charge in [0.1, 0.15) is 0 Å². The fourth-order valence-corrected chi connectivity index (χ4v) is 3.50. The third-order valence-corrected chi connectivity index (χ3v) is 5.03. The largest absolute Gasteiger partial charge is 0.294 e. The van der Waals surface area contributed by atoms with E-state index in [1.807, 2.05) is 24.3 Å². The Hall–Kier alpha value is -2.27. The molecule has 0 aromatic heterocycles. The first-order chi connectivity index (χ1) is 12.1. The molecule has 0 atom stereocenters. The van der Waals surface area contributed by atoms with Gasteiger partial charge >= 0.3 is 0 Å². The minimum Gasteiger partial charge on any atom is -0.294 e. The zero-order valence-electron chi connectivity index (χ0n) is 13.7. The molecule has 0 fully saturated rings. The number of carbonyl (C=O) groups excluding carboxylic acids is 3. The minimum atomic E-state index is -0.218. The highest BCUT2D eigenvalue weighted by Gasteiger charge is 2.34. The van der Waals surface area contributed by atoms with Gasteiger partial charge in [0.05, 0.1) is 11.1 Å². The van der Waals surface area contributed by atoms with Crippen LogP contribution >= 0.6 is 15.9 Å². The molecule has 1 aliphatic heterocycles. The van der Waals surface area contributed by atoms with Gasteiger partial charge in [-0.05, 0) is 31.0 Å². The van der Waals surface area contributed by atoms with Gasteiger partial charge in [0.2, 0.25) is 0 Å². The van der Waals surface area contributed by atoms with Crippen LogP contribution in [0.3, 0.4) is 0 Å². The summed E-state index contributed by atoms with van der Waals surface area (Å²) in [6.07, 6.45) is 2.70. The van der Waals surface area contributed by atoms with Crippen LogP contribution in [0.15, 0.2) is 53.0 Å². The van der Waals surface area contributed by atoms with Crippen molar-refractivity contribution in [2.75, 3.05) is 6.54 Å². The zero-order chi connectivity index (χ0) is 17.8. The number of amides is 2. The summed E-state index contributed by atoms with van der Waals surface area (Å²) in [6, 6.07) is 14.3. The maximum atomic E-state index is 12.2. The van der Waals surface area contributed by atoms with Crippen LogP contribution in [0.25, 0.3) is 0 Å². The molecule has 5 heteroatoms. The van der Waals surface area contributed by atoms with E-state index in [2.05, 4.69) is 15.9 Å². The molecule has 1 heterocycles. The van der Waals surface area contributed by atoms with Crippen molar-refractivity contribution in [2.24, 2.45) is 0 Å². The van der Waals surface area contributed by atoms with Crippen LogP contribution in [-0.4, -0.2) is 29.0 Å². The number of hydrogen-bond donors (Lipinski definition) is 0. The van der Waals surface area contributed by atoms with Crippen LogP contribution in [0, 0.1) is 0 Å². The molecule has 2 amide bonds. The van der Waals surface area contributed by atoms with E-state index in [1.165, 1.54) is 4.90 Å². The van der Waals surface area contributed by atoms with Crippen LogP contribution < -0.4 is 0 Å². The Morgan fingerprint density at radius 3 is 2.08 bits per heavy atom. The maximum absolute atomic E-state index is 12.2. The Balaban J connectivity index is 1.45. The van der Waals surface area contributed by atoms with Gasteiger partial charge in [0.15, 0.2) is 5.78 Å². The number of unbranched alkanes of at least 4 members (excludes halogenated alkanes) is 2. The van der Waals surface area contributed by atoms with Gasteiger partial charge < -0.3 is 0 Å². The molecule has 0 spiro atoms. The lowest BCUT2D eigenvalue weighted by Gasteiger charge is -2.13. The van der Waals surface area contributed by atoms with Crippen molar-refractivity contribution in [3.8, 4) is 0 Å². The molecule has 2 aromatic rings.